The molecular weight excluding hydrogens is 261 g/mol. The molecule has 1 unspecified atom stereocenters. The Labute approximate surface area is 126 Å². The molecule has 110 valence electrons. The van der Waals surface area contributed by atoms with Crippen LogP contribution in [0, 0.1) is 18.7 Å². The van der Waals surface area contributed by atoms with Crippen molar-refractivity contribution in [1.82, 2.24) is 5.32 Å². The van der Waals surface area contributed by atoms with Crippen molar-refractivity contribution in [1.29, 1.82) is 0 Å². The third-order valence-electron chi connectivity index (χ3n) is 4.53. The Morgan fingerprint density at radius 3 is 2.38 bits per heavy atom. The zero-order chi connectivity index (χ0) is 14.8. The molecule has 1 nitrogen and oxygen atoms in total. The molecule has 0 spiro atoms. The number of hydrogen-bond donors (Lipinski definition) is 1. The normalized spacial score (nSPS) is 16.0. The maximum absolute atomic E-state index is 13.9. The first-order valence-corrected chi connectivity index (χ1v) is 7.75. The molecule has 1 N–H and O–H groups in total. The van der Waals surface area contributed by atoms with Gasteiger partial charge in [0.25, 0.3) is 0 Å². The van der Waals surface area contributed by atoms with E-state index < -0.39 is 0 Å². The number of aryl methyl sites for hydroxylation is 1. The summed E-state index contributed by atoms with van der Waals surface area (Å²) >= 11 is 0. The van der Waals surface area contributed by atoms with Gasteiger partial charge in [0.15, 0.2) is 0 Å². The van der Waals surface area contributed by atoms with Crippen molar-refractivity contribution in [3.63, 3.8) is 0 Å². The number of nitrogens with one attached hydrogen (secondary N) is 1. The van der Waals surface area contributed by atoms with Gasteiger partial charge in [-0.05, 0) is 60.5 Å². The van der Waals surface area contributed by atoms with Crippen molar-refractivity contribution in [3.8, 4) is 0 Å². The molecule has 0 amide bonds. The lowest BCUT2D eigenvalue weighted by atomic mass is 9.90. The second kappa shape index (κ2) is 5.98. The lowest BCUT2D eigenvalue weighted by Gasteiger charge is -2.25. The fraction of sp³-hybridized carbons (Fsp3) is 0.368. The highest BCUT2D eigenvalue weighted by Crippen LogP contribution is 2.35. The number of halogens is 1. The summed E-state index contributed by atoms with van der Waals surface area (Å²) in [5.74, 6) is 0.398. The van der Waals surface area contributed by atoms with Crippen LogP contribution in [-0.2, 0) is 12.8 Å². The smallest absolute Gasteiger partial charge is 0.126 e. The Hall–Kier alpha value is -1.67. The second-order valence-electron chi connectivity index (χ2n) is 5.98. The number of hydrogen-bond acceptors (Lipinski definition) is 1. The average Bonchev–Trinajstić information content (AvgIpc) is 2.91. The Kier molecular flexibility index (Phi) is 4.07. The van der Waals surface area contributed by atoms with E-state index in [1.54, 1.807) is 6.07 Å². The molecule has 2 heteroatoms. The van der Waals surface area contributed by atoms with Crippen LogP contribution in [0.1, 0.15) is 35.2 Å². The van der Waals surface area contributed by atoms with Crippen LogP contribution >= 0.6 is 0 Å². The summed E-state index contributed by atoms with van der Waals surface area (Å²) in [6.07, 6.45) is 2.15. The molecule has 21 heavy (non-hydrogen) atoms. The SMILES string of the molecule is CCNC(c1ccc(C)c(F)c1)C1Cc2ccccc2C1. The maximum atomic E-state index is 13.9. The van der Waals surface area contributed by atoms with E-state index >= 15 is 0 Å². The second-order valence-corrected chi connectivity index (χ2v) is 5.98. The highest BCUT2D eigenvalue weighted by Gasteiger charge is 2.29. The van der Waals surface area contributed by atoms with Crippen LogP contribution in [0.5, 0.6) is 0 Å². The van der Waals surface area contributed by atoms with Gasteiger partial charge >= 0.3 is 0 Å². The van der Waals surface area contributed by atoms with E-state index in [2.05, 4.69) is 42.6 Å². The quantitative estimate of drug-likeness (QED) is 0.886. The standard InChI is InChI=1S/C19H22FN/c1-3-21-19(16-9-8-13(2)18(20)12-16)17-10-14-6-4-5-7-15(14)11-17/h4-9,12,17,19,21H,3,10-11H2,1-2H3. The van der Waals surface area contributed by atoms with E-state index in [9.17, 15) is 4.39 Å². The largest absolute Gasteiger partial charge is 0.310 e. The van der Waals surface area contributed by atoms with E-state index in [0.29, 0.717) is 11.5 Å². The van der Waals surface area contributed by atoms with Crippen LogP contribution in [0.4, 0.5) is 4.39 Å². The summed E-state index contributed by atoms with van der Waals surface area (Å²) < 4.78 is 13.9. The fourth-order valence-corrected chi connectivity index (χ4v) is 3.41. The first kappa shape index (κ1) is 14.3. The van der Waals surface area contributed by atoms with Crippen LogP contribution in [0.25, 0.3) is 0 Å². The van der Waals surface area contributed by atoms with Gasteiger partial charge in [0.2, 0.25) is 0 Å². The Morgan fingerprint density at radius 1 is 1.14 bits per heavy atom. The molecule has 1 aliphatic rings. The predicted molar refractivity (Wildman–Crippen MR) is 84.9 cm³/mol. The fourth-order valence-electron chi connectivity index (χ4n) is 3.41. The van der Waals surface area contributed by atoms with Gasteiger partial charge < -0.3 is 5.32 Å². The molecule has 3 rings (SSSR count). The molecule has 1 atom stereocenters. The van der Waals surface area contributed by atoms with Gasteiger partial charge in [-0.2, -0.15) is 0 Å². The van der Waals surface area contributed by atoms with Gasteiger partial charge in [0.1, 0.15) is 5.82 Å². The summed E-state index contributed by atoms with van der Waals surface area (Å²) in [6.45, 7) is 4.82. The van der Waals surface area contributed by atoms with Gasteiger partial charge in [0, 0.05) is 6.04 Å². The predicted octanol–water partition coefficient (Wildman–Crippen LogP) is 4.20. The molecule has 2 aromatic rings. The minimum absolute atomic E-state index is 0.106. The van der Waals surface area contributed by atoms with Crippen molar-refractivity contribution >= 4 is 0 Å². The minimum Gasteiger partial charge on any atom is -0.310 e. The van der Waals surface area contributed by atoms with Crippen LogP contribution < -0.4 is 5.32 Å². The summed E-state index contributed by atoms with van der Waals surface area (Å²) in [7, 11) is 0. The molecule has 0 radical (unpaired) electrons. The molecule has 2 aromatic carbocycles. The van der Waals surface area contributed by atoms with Gasteiger partial charge in [-0.15, -0.1) is 0 Å². The van der Waals surface area contributed by atoms with Crippen LogP contribution in [-0.4, -0.2) is 6.54 Å². The van der Waals surface area contributed by atoms with Crippen molar-refractivity contribution in [2.45, 2.75) is 32.7 Å². The Bertz CT molecular complexity index is 610. The molecule has 0 aromatic heterocycles. The van der Waals surface area contributed by atoms with Crippen molar-refractivity contribution < 1.29 is 4.39 Å². The average molecular weight is 283 g/mol. The molecule has 0 aliphatic heterocycles. The summed E-state index contributed by atoms with van der Waals surface area (Å²) in [5.41, 5.74) is 4.66. The molecule has 0 bridgehead atoms. The van der Waals surface area contributed by atoms with E-state index in [4.69, 9.17) is 0 Å². The third kappa shape index (κ3) is 2.86. The maximum Gasteiger partial charge on any atom is 0.126 e. The van der Waals surface area contributed by atoms with Crippen molar-refractivity contribution in [2.75, 3.05) is 6.54 Å². The Morgan fingerprint density at radius 2 is 1.81 bits per heavy atom. The molecule has 0 saturated heterocycles. The lowest BCUT2D eigenvalue weighted by Crippen LogP contribution is -2.28. The van der Waals surface area contributed by atoms with Gasteiger partial charge in [-0.3, -0.25) is 0 Å². The molecule has 1 aliphatic carbocycles. The molecular formula is C19H22FN. The number of rotatable bonds is 4. The summed E-state index contributed by atoms with van der Waals surface area (Å²) in [6, 6.07) is 14.5. The van der Waals surface area contributed by atoms with Crippen LogP contribution in [0.3, 0.4) is 0 Å². The monoisotopic (exact) mass is 283 g/mol. The van der Waals surface area contributed by atoms with Crippen LogP contribution in [0.15, 0.2) is 42.5 Å². The lowest BCUT2D eigenvalue weighted by molar-refractivity contribution is 0.379. The number of fused-ring (bicyclic) bond motifs is 1. The minimum atomic E-state index is -0.106. The van der Waals surface area contributed by atoms with Gasteiger partial charge in [0.05, 0.1) is 0 Å². The third-order valence-corrected chi connectivity index (χ3v) is 4.53. The summed E-state index contributed by atoms with van der Waals surface area (Å²) in [5, 5.41) is 3.56. The first-order chi connectivity index (χ1) is 10.2. The van der Waals surface area contributed by atoms with Crippen molar-refractivity contribution in [3.05, 3.63) is 70.5 Å². The van der Waals surface area contributed by atoms with E-state index in [1.807, 2.05) is 13.0 Å². The van der Waals surface area contributed by atoms with Crippen LogP contribution in [0.2, 0.25) is 0 Å². The van der Waals surface area contributed by atoms with E-state index in [1.165, 1.54) is 11.1 Å². The molecule has 0 heterocycles. The number of benzene rings is 2. The zero-order valence-electron chi connectivity index (χ0n) is 12.7. The van der Waals surface area contributed by atoms with Gasteiger partial charge in [-0.1, -0.05) is 43.3 Å². The highest BCUT2D eigenvalue weighted by atomic mass is 19.1. The van der Waals surface area contributed by atoms with Crippen molar-refractivity contribution in [2.24, 2.45) is 5.92 Å². The van der Waals surface area contributed by atoms with E-state index in [0.717, 1.165) is 24.9 Å². The van der Waals surface area contributed by atoms with E-state index in [-0.39, 0.29) is 11.9 Å². The molecule has 0 saturated carbocycles. The highest BCUT2D eigenvalue weighted by molar-refractivity contribution is 5.35. The Balaban J connectivity index is 1.87. The molecule has 0 fully saturated rings. The summed E-state index contributed by atoms with van der Waals surface area (Å²) in [4.78, 5) is 0. The topological polar surface area (TPSA) is 12.0 Å². The van der Waals surface area contributed by atoms with Gasteiger partial charge in [-0.25, -0.2) is 4.39 Å². The zero-order valence-corrected chi connectivity index (χ0v) is 12.7. The first-order valence-electron chi connectivity index (χ1n) is 7.75.